The van der Waals surface area contributed by atoms with Crippen LogP contribution in [0.5, 0.6) is 11.5 Å². The lowest BCUT2D eigenvalue weighted by Gasteiger charge is -2.08. The first-order valence-electron chi connectivity index (χ1n) is 7.76. The number of amides is 1. The van der Waals surface area contributed by atoms with Crippen LogP contribution >= 0.6 is 0 Å². The molecule has 5 nitrogen and oxygen atoms in total. The molecule has 0 saturated carbocycles. The van der Waals surface area contributed by atoms with Gasteiger partial charge in [0.05, 0.1) is 6.61 Å². The molecular weight excluding hydrogens is 304 g/mol. The van der Waals surface area contributed by atoms with Gasteiger partial charge in [-0.1, -0.05) is 17.7 Å². The molecule has 0 atom stereocenters. The molecule has 0 radical (unpaired) electrons. The number of benzene rings is 2. The molecule has 124 valence electrons. The molecule has 0 aromatic heterocycles. The van der Waals surface area contributed by atoms with Gasteiger partial charge in [0.2, 0.25) is 5.91 Å². The first kappa shape index (κ1) is 17.4. The van der Waals surface area contributed by atoms with Gasteiger partial charge in [-0.3, -0.25) is 4.79 Å². The first-order valence-corrected chi connectivity index (χ1v) is 7.76. The monoisotopic (exact) mass is 324 g/mol. The summed E-state index contributed by atoms with van der Waals surface area (Å²) >= 11 is 0. The third-order valence-electron chi connectivity index (χ3n) is 3.28. The van der Waals surface area contributed by atoms with Crippen LogP contribution in [0.1, 0.15) is 18.4 Å². The second-order valence-electron chi connectivity index (χ2n) is 5.28. The molecule has 0 saturated heterocycles. The highest BCUT2D eigenvalue weighted by molar-refractivity contribution is 5.90. The number of nitrogens with zero attached hydrogens (tertiary/aromatic N) is 1. The smallest absolute Gasteiger partial charge is 0.224 e. The minimum absolute atomic E-state index is 0.00664. The summed E-state index contributed by atoms with van der Waals surface area (Å²) in [5.41, 5.74) is 1.88. The lowest BCUT2D eigenvalue weighted by molar-refractivity contribution is -0.116. The van der Waals surface area contributed by atoms with Crippen molar-refractivity contribution in [3.05, 3.63) is 54.1 Å². The van der Waals surface area contributed by atoms with Gasteiger partial charge in [-0.15, -0.1) is 0 Å². The van der Waals surface area contributed by atoms with E-state index in [-0.39, 0.29) is 12.5 Å². The van der Waals surface area contributed by atoms with Crippen LogP contribution in [0.3, 0.4) is 0 Å². The number of hydrogen-bond acceptors (Lipinski definition) is 4. The number of nitriles is 1. The molecule has 0 spiro atoms. The number of hydrogen-bond donors (Lipinski definition) is 1. The minimum Gasteiger partial charge on any atom is -0.494 e. The zero-order valence-corrected chi connectivity index (χ0v) is 13.6. The molecule has 1 amide bonds. The molecule has 0 aliphatic rings. The predicted octanol–water partition coefficient (Wildman–Crippen LogP) is 3.70. The van der Waals surface area contributed by atoms with Gasteiger partial charge in [0.15, 0.2) is 6.61 Å². The Balaban J connectivity index is 1.67. The third-order valence-corrected chi connectivity index (χ3v) is 3.28. The lowest BCUT2D eigenvalue weighted by Crippen LogP contribution is -2.12. The van der Waals surface area contributed by atoms with Crippen molar-refractivity contribution < 1.29 is 14.3 Å². The van der Waals surface area contributed by atoms with Crippen LogP contribution in [0, 0.1) is 18.3 Å². The average Bonchev–Trinajstić information content (AvgIpc) is 2.60. The Labute approximate surface area is 141 Å². The molecule has 2 aromatic carbocycles. The zero-order valence-electron chi connectivity index (χ0n) is 13.6. The highest BCUT2D eigenvalue weighted by Crippen LogP contribution is 2.16. The number of carbonyl (C=O) groups is 1. The van der Waals surface area contributed by atoms with E-state index in [0.717, 1.165) is 5.75 Å². The van der Waals surface area contributed by atoms with E-state index in [0.29, 0.717) is 30.9 Å². The normalized spacial score (nSPS) is 9.83. The Morgan fingerprint density at radius 1 is 1.04 bits per heavy atom. The molecule has 0 bridgehead atoms. The topological polar surface area (TPSA) is 71.3 Å². The molecule has 5 heteroatoms. The molecule has 0 fully saturated rings. The van der Waals surface area contributed by atoms with Crippen LogP contribution < -0.4 is 14.8 Å². The van der Waals surface area contributed by atoms with E-state index in [1.165, 1.54) is 5.56 Å². The number of rotatable bonds is 8. The van der Waals surface area contributed by atoms with E-state index >= 15 is 0 Å². The Kier molecular flexibility index (Phi) is 6.66. The van der Waals surface area contributed by atoms with Gasteiger partial charge in [-0.25, -0.2) is 0 Å². The van der Waals surface area contributed by atoms with Crippen LogP contribution in [0.4, 0.5) is 5.69 Å². The number of aryl methyl sites for hydroxylation is 1. The molecular formula is C19H20N2O3. The first-order chi connectivity index (χ1) is 11.7. The summed E-state index contributed by atoms with van der Waals surface area (Å²) in [6.07, 6.45) is 1.03. The average molecular weight is 324 g/mol. The fraction of sp³-hybridized carbons (Fsp3) is 0.263. The van der Waals surface area contributed by atoms with Crippen molar-refractivity contribution in [1.29, 1.82) is 5.26 Å². The molecule has 2 aromatic rings. The quantitative estimate of drug-likeness (QED) is 0.752. The van der Waals surface area contributed by atoms with Crippen molar-refractivity contribution in [2.75, 3.05) is 18.5 Å². The highest BCUT2D eigenvalue weighted by atomic mass is 16.5. The standard InChI is InChI=1S/C19H20N2O3/c1-15-4-8-17(9-5-15)23-13-2-3-19(22)21-16-6-10-18(11-7-16)24-14-12-20/h4-11H,2-3,13-14H2,1H3,(H,21,22). The number of ether oxygens (including phenoxy) is 2. The van der Waals surface area contributed by atoms with E-state index < -0.39 is 0 Å². The number of nitrogens with one attached hydrogen (secondary N) is 1. The highest BCUT2D eigenvalue weighted by Gasteiger charge is 2.03. The molecule has 0 heterocycles. The van der Waals surface area contributed by atoms with E-state index in [2.05, 4.69) is 5.32 Å². The minimum atomic E-state index is -0.0619. The second kappa shape index (κ2) is 9.21. The zero-order chi connectivity index (χ0) is 17.2. The van der Waals surface area contributed by atoms with Crippen LogP contribution in [0.25, 0.3) is 0 Å². The van der Waals surface area contributed by atoms with Crippen molar-refractivity contribution in [2.24, 2.45) is 0 Å². The second-order valence-corrected chi connectivity index (χ2v) is 5.28. The van der Waals surface area contributed by atoms with Crippen LogP contribution in [-0.2, 0) is 4.79 Å². The van der Waals surface area contributed by atoms with E-state index in [1.54, 1.807) is 24.3 Å². The summed E-state index contributed by atoms with van der Waals surface area (Å²) in [7, 11) is 0. The maximum atomic E-state index is 11.9. The fourth-order valence-electron chi connectivity index (χ4n) is 2.03. The van der Waals surface area contributed by atoms with Gasteiger partial charge in [0.1, 0.15) is 17.6 Å². The van der Waals surface area contributed by atoms with Crippen molar-refractivity contribution in [3.8, 4) is 17.6 Å². The van der Waals surface area contributed by atoms with Gasteiger partial charge in [-0.05, 0) is 49.7 Å². The van der Waals surface area contributed by atoms with Crippen LogP contribution in [0.2, 0.25) is 0 Å². The Bertz CT molecular complexity index is 688. The molecule has 0 aliphatic heterocycles. The van der Waals surface area contributed by atoms with Crippen molar-refractivity contribution in [2.45, 2.75) is 19.8 Å². The largest absolute Gasteiger partial charge is 0.494 e. The Morgan fingerprint density at radius 3 is 2.33 bits per heavy atom. The summed E-state index contributed by atoms with van der Waals surface area (Å²) in [6, 6.07) is 16.6. The summed E-state index contributed by atoms with van der Waals surface area (Å²) in [4.78, 5) is 11.9. The van der Waals surface area contributed by atoms with Crippen LogP contribution in [0.15, 0.2) is 48.5 Å². The van der Waals surface area contributed by atoms with E-state index in [9.17, 15) is 4.79 Å². The summed E-state index contributed by atoms with van der Waals surface area (Å²) in [6.45, 7) is 2.53. The predicted molar refractivity (Wildman–Crippen MR) is 92.1 cm³/mol. The maximum Gasteiger partial charge on any atom is 0.224 e. The summed E-state index contributed by atoms with van der Waals surface area (Å²) < 4.78 is 10.7. The lowest BCUT2D eigenvalue weighted by atomic mass is 10.2. The van der Waals surface area contributed by atoms with E-state index in [1.807, 2.05) is 37.3 Å². The van der Waals surface area contributed by atoms with Gasteiger partial charge in [0, 0.05) is 12.1 Å². The fourth-order valence-corrected chi connectivity index (χ4v) is 2.03. The SMILES string of the molecule is Cc1ccc(OCCCC(=O)Nc2ccc(OCC#N)cc2)cc1. The molecule has 24 heavy (non-hydrogen) atoms. The van der Waals surface area contributed by atoms with Crippen molar-refractivity contribution in [1.82, 2.24) is 0 Å². The molecule has 0 unspecified atom stereocenters. The summed E-state index contributed by atoms with van der Waals surface area (Å²) in [5.74, 6) is 1.35. The van der Waals surface area contributed by atoms with Crippen molar-refractivity contribution >= 4 is 11.6 Å². The van der Waals surface area contributed by atoms with E-state index in [4.69, 9.17) is 14.7 Å². The van der Waals surface area contributed by atoms with Gasteiger partial charge >= 0.3 is 0 Å². The Hall–Kier alpha value is -3.00. The van der Waals surface area contributed by atoms with Crippen LogP contribution in [-0.4, -0.2) is 19.1 Å². The molecule has 2 rings (SSSR count). The van der Waals surface area contributed by atoms with Crippen molar-refractivity contribution in [3.63, 3.8) is 0 Å². The van der Waals surface area contributed by atoms with Gasteiger partial charge in [-0.2, -0.15) is 5.26 Å². The molecule has 1 N–H and O–H groups in total. The Morgan fingerprint density at radius 2 is 1.67 bits per heavy atom. The number of anilines is 1. The van der Waals surface area contributed by atoms with Gasteiger partial charge in [0.25, 0.3) is 0 Å². The van der Waals surface area contributed by atoms with Gasteiger partial charge < -0.3 is 14.8 Å². The molecule has 0 aliphatic carbocycles. The maximum absolute atomic E-state index is 11.9. The summed E-state index contributed by atoms with van der Waals surface area (Å²) in [5, 5.41) is 11.3. The number of carbonyl (C=O) groups excluding carboxylic acids is 1. The third kappa shape index (κ3) is 6.01.